The number of nitro benzene ring substituents is 1. The lowest BCUT2D eigenvalue weighted by Gasteiger charge is -2.09. The second-order valence-electron chi connectivity index (χ2n) is 3.02. The lowest BCUT2D eigenvalue weighted by atomic mass is 10.1. The minimum Gasteiger partial charge on any atom is -0.484 e. The number of nitrogens with zero attached hydrogens (tertiary/aromatic N) is 1. The molecule has 0 bridgehead atoms. The van der Waals surface area contributed by atoms with Gasteiger partial charge in [-0.1, -0.05) is 6.07 Å². The first-order chi connectivity index (χ1) is 7.20. The molecule has 1 aromatic rings. The highest BCUT2D eigenvalue weighted by molar-refractivity contribution is 5.52. The highest BCUT2D eigenvalue weighted by atomic mass is 16.6. The second kappa shape index (κ2) is 3.84. The third kappa shape index (κ3) is 1.77. The Labute approximate surface area is 85.2 Å². The van der Waals surface area contributed by atoms with Crippen LogP contribution in [0.1, 0.15) is 11.9 Å². The average Bonchev–Trinajstić information content (AvgIpc) is 2.40. The maximum Gasteiger partial charge on any atom is 0.311 e. The van der Waals surface area contributed by atoms with Crippen molar-refractivity contribution in [3.05, 3.63) is 33.9 Å². The summed E-state index contributed by atoms with van der Waals surface area (Å²) in [6.45, 7) is 0.391. The summed E-state index contributed by atoms with van der Waals surface area (Å²) in [4.78, 5) is 10.2. The predicted molar refractivity (Wildman–Crippen MR) is 49.5 cm³/mol. The van der Waals surface area contributed by atoms with Gasteiger partial charge in [0.15, 0.2) is 6.29 Å². The van der Waals surface area contributed by atoms with Gasteiger partial charge in [0.1, 0.15) is 6.61 Å². The van der Waals surface area contributed by atoms with Crippen LogP contribution in [0.4, 0.5) is 5.69 Å². The van der Waals surface area contributed by atoms with Gasteiger partial charge >= 0.3 is 5.69 Å². The molecule has 80 valence electrons. The Balaban J connectivity index is 2.53. The van der Waals surface area contributed by atoms with E-state index < -0.39 is 11.2 Å². The Kier molecular flexibility index (Phi) is 2.53. The van der Waals surface area contributed by atoms with E-state index >= 15 is 0 Å². The van der Waals surface area contributed by atoms with E-state index in [1.165, 1.54) is 12.1 Å². The van der Waals surface area contributed by atoms with Crippen molar-refractivity contribution in [1.29, 1.82) is 0 Å². The molecule has 1 atom stereocenters. The van der Waals surface area contributed by atoms with Crippen molar-refractivity contribution in [3.63, 3.8) is 0 Å². The predicted octanol–water partition coefficient (Wildman–Crippen LogP) is 0.995. The summed E-state index contributed by atoms with van der Waals surface area (Å²) in [6, 6.07) is 4.35. The van der Waals surface area contributed by atoms with Gasteiger partial charge in [0, 0.05) is 6.07 Å². The molecule has 1 N–H and O–H groups in total. The number of ether oxygens (including phenoxy) is 2. The summed E-state index contributed by atoms with van der Waals surface area (Å²) in [5.41, 5.74) is 0.138. The molecule has 2 rings (SSSR count). The molecule has 1 unspecified atom stereocenters. The third-order valence-corrected chi connectivity index (χ3v) is 2.09. The van der Waals surface area contributed by atoms with E-state index in [-0.39, 0.29) is 24.7 Å². The van der Waals surface area contributed by atoms with Crippen molar-refractivity contribution in [3.8, 4) is 5.75 Å². The smallest absolute Gasteiger partial charge is 0.311 e. The molecule has 1 heterocycles. The van der Waals surface area contributed by atoms with Gasteiger partial charge in [-0.2, -0.15) is 0 Å². The van der Waals surface area contributed by atoms with Crippen LogP contribution in [0.2, 0.25) is 0 Å². The highest BCUT2D eigenvalue weighted by Crippen LogP contribution is 2.36. The summed E-state index contributed by atoms with van der Waals surface area (Å²) in [5.74, 6) is 0.0903. The van der Waals surface area contributed by atoms with Gasteiger partial charge in [-0.15, -0.1) is 0 Å². The number of fused-ring (bicyclic) bond motifs is 1. The van der Waals surface area contributed by atoms with Gasteiger partial charge in [-0.25, -0.2) is 0 Å². The van der Waals surface area contributed by atoms with Gasteiger partial charge in [-0.05, 0) is 6.07 Å². The SMILES string of the molecule is O=[N+]([O-])c1cccc2c1OCCOC2O. The molecule has 0 aromatic heterocycles. The van der Waals surface area contributed by atoms with Crippen LogP contribution in [0, 0.1) is 10.1 Å². The maximum absolute atomic E-state index is 10.7. The quantitative estimate of drug-likeness (QED) is 0.553. The lowest BCUT2D eigenvalue weighted by molar-refractivity contribution is -0.385. The standard InChI is InChI=1S/C9H9NO5/c11-9-6-2-1-3-7(10(12)13)8(6)14-4-5-15-9/h1-3,9,11H,4-5H2. The van der Waals surface area contributed by atoms with Crippen LogP contribution in [0.3, 0.4) is 0 Å². The van der Waals surface area contributed by atoms with Crippen molar-refractivity contribution in [2.24, 2.45) is 0 Å². The Morgan fingerprint density at radius 3 is 3.00 bits per heavy atom. The lowest BCUT2D eigenvalue weighted by Crippen LogP contribution is -2.04. The van der Waals surface area contributed by atoms with Crippen LogP contribution >= 0.6 is 0 Å². The number of aliphatic hydroxyl groups excluding tert-OH is 1. The fourth-order valence-electron chi connectivity index (χ4n) is 1.43. The van der Waals surface area contributed by atoms with E-state index in [4.69, 9.17) is 9.47 Å². The van der Waals surface area contributed by atoms with Gasteiger partial charge in [0.05, 0.1) is 17.1 Å². The zero-order chi connectivity index (χ0) is 10.8. The number of para-hydroxylation sites is 1. The van der Waals surface area contributed by atoms with Gasteiger partial charge in [0.2, 0.25) is 5.75 Å². The number of hydrogen-bond donors (Lipinski definition) is 1. The van der Waals surface area contributed by atoms with Crippen LogP contribution in [0.5, 0.6) is 5.75 Å². The van der Waals surface area contributed by atoms with Gasteiger partial charge in [-0.3, -0.25) is 10.1 Å². The number of rotatable bonds is 1. The minimum absolute atomic E-state index is 0.0903. The van der Waals surface area contributed by atoms with Crippen molar-refractivity contribution in [2.75, 3.05) is 13.2 Å². The second-order valence-corrected chi connectivity index (χ2v) is 3.02. The number of benzene rings is 1. The normalized spacial score (nSPS) is 19.9. The summed E-state index contributed by atoms with van der Waals surface area (Å²) >= 11 is 0. The van der Waals surface area contributed by atoms with Crippen molar-refractivity contribution in [2.45, 2.75) is 6.29 Å². The number of aliphatic hydroxyl groups is 1. The van der Waals surface area contributed by atoms with Crippen molar-refractivity contribution in [1.82, 2.24) is 0 Å². The Morgan fingerprint density at radius 1 is 1.47 bits per heavy atom. The molecule has 1 aliphatic rings. The molecule has 6 heteroatoms. The van der Waals surface area contributed by atoms with Gasteiger partial charge in [0.25, 0.3) is 0 Å². The Hall–Kier alpha value is -1.66. The van der Waals surface area contributed by atoms with E-state index in [9.17, 15) is 15.2 Å². The fourth-order valence-corrected chi connectivity index (χ4v) is 1.43. The summed E-state index contributed by atoms with van der Waals surface area (Å²) < 4.78 is 10.2. The van der Waals surface area contributed by atoms with E-state index in [1.54, 1.807) is 6.07 Å². The van der Waals surface area contributed by atoms with Crippen molar-refractivity contribution >= 4 is 5.69 Å². The molecule has 0 aliphatic carbocycles. The first-order valence-corrected chi connectivity index (χ1v) is 4.40. The molecule has 0 radical (unpaired) electrons. The van der Waals surface area contributed by atoms with Crippen LogP contribution in [0.25, 0.3) is 0 Å². The average molecular weight is 211 g/mol. The molecule has 0 saturated carbocycles. The van der Waals surface area contributed by atoms with E-state index in [0.717, 1.165) is 0 Å². The summed E-state index contributed by atoms with van der Waals surface area (Å²) in [7, 11) is 0. The zero-order valence-electron chi connectivity index (χ0n) is 7.75. The molecule has 1 aliphatic heterocycles. The minimum atomic E-state index is -1.16. The van der Waals surface area contributed by atoms with Crippen LogP contribution < -0.4 is 4.74 Å². The Morgan fingerprint density at radius 2 is 2.27 bits per heavy atom. The fraction of sp³-hybridized carbons (Fsp3) is 0.333. The first kappa shape index (κ1) is 9.88. The molecule has 0 fully saturated rings. The van der Waals surface area contributed by atoms with E-state index in [1.807, 2.05) is 0 Å². The number of hydrogen-bond acceptors (Lipinski definition) is 5. The molecular weight excluding hydrogens is 202 g/mol. The molecule has 1 aromatic carbocycles. The number of nitro groups is 1. The molecule has 0 saturated heterocycles. The molecule has 0 spiro atoms. The van der Waals surface area contributed by atoms with E-state index in [2.05, 4.69) is 0 Å². The van der Waals surface area contributed by atoms with Crippen molar-refractivity contribution < 1.29 is 19.5 Å². The highest BCUT2D eigenvalue weighted by Gasteiger charge is 2.25. The monoisotopic (exact) mass is 211 g/mol. The van der Waals surface area contributed by atoms with Gasteiger partial charge < -0.3 is 14.6 Å². The summed E-state index contributed by atoms with van der Waals surface area (Å²) in [6.07, 6.45) is -1.16. The maximum atomic E-state index is 10.7. The Bertz CT molecular complexity index is 392. The largest absolute Gasteiger partial charge is 0.484 e. The van der Waals surface area contributed by atoms with Crippen LogP contribution in [0.15, 0.2) is 18.2 Å². The van der Waals surface area contributed by atoms with Crippen LogP contribution in [-0.2, 0) is 4.74 Å². The topological polar surface area (TPSA) is 81.8 Å². The third-order valence-electron chi connectivity index (χ3n) is 2.09. The zero-order valence-corrected chi connectivity index (χ0v) is 7.75. The van der Waals surface area contributed by atoms with E-state index in [0.29, 0.717) is 5.56 Å². The molecule has 6 nitrogen and oxygen atoms in total. The summed E-state index contributed by atoms with van der Waals surface area (Å²) in [5, 5.41) is 20.2. The molecular formula is C9H9NO5. The molecule has 0 amide bonds. The first-order valence-electron chi connectivity index (χ1n) is 4.40. The van der Waals surface area contributed by atoms with Crippen LogP contribution in [-0.4, -0.2) is 23.2 Å². The molecule has 15 heavy (non-hydrogen) atoms.